The van der Waals surface area contributed by atoms with Crippen molar-refractivity contribution in [2.45, 2.75) is 33.2 Å². The van der Waals surface area contributed by atoms with Crippen molar-refractivity contribution in [3.63, 3.8) is 0 Å². The zero-order valence-corrected chi connectivity index (χ0v) is 18.4. The van der Waals surface area contributed by atoms with Crippen LogP contribution in [0.5, 0.6) is 11.5 Å². The Morgan fingerprint density at radius 1 is 1.06 bits per heavy atom. The van der Waals surface area contributed by atoms with Crippen LogP contribution < -0.4 is 15.2 Å². The molecular formula is C25H26N2O5. The summed E-state index contributed by atoms with van der Waals surface area (Å²) in [5.41, 5.74) is 11.7. The van der Waals surface area contributed by atoms with Gasteiger partial charge in [0.15, 0.2) is 11.5 Å². The lowest BCUT2D eigenvalue weighted by molar-refractivity contribution is -0.140. The van der Waals surface area contributed by atoms with Crippen molar-refractivity contribution in [2.75, 3.05) is 13.9 Å². The summed E-state index contributed by atoms with van der Waals surface area (Å²) >= 11 is 0. The molecule has 0 saturated heterocycles. The van der Waals surface area contributed by atoms with Crippen LogP contribution in [0.4, 0.5) is 0 Å². The van der Waals surface area contributed by atoms with Gasteiger partial charge in [-0.2, -0.15) is 0 Å². The van der Waals surface area contributed by atoms with Gasteiger partial charge < -0.3 is 24.5 Å². The SMILES string of the molecule is COC(=O)CCc1c(-c2ccc(C)cc2)c(C(N)=O)c(C)n1Cc1ccc2c(c1)OCO2. The molecule has 0 fully saturated rings. The predicted molar refractivity (Wildman–Crippen MR) is 120 cm³/mol. The first-order valence-corrected chi connectivity index (χ1v) is 10.4. The molecule has 0 unspecified atom stereocenters. The Balaban J connectivity index is 1.85. The van der Waals surface area contributed by atoms with Crippen LogP contribution in [0.2, 0.25) is 0 Å². The molecule has 3 aromatic rings. The lowest BCUT2D eigenvalue weighted by atomic mass is 9.97. The van der Waals surface area contributed by atoms with Gasteiger partial charge in [-0.15, -0.1) is 0 Å². The highest BCUT2D eigenvalue weighted by Gasteiger charge is 2.26. The number of benzene rings is 2. The zero-order valence-electron chi connectivity index (χ0n) is 18.4. The largest absolute Gasteiger partial charge is 0.469 e. The first kappa shape index (κ1) is 21.5. The Kier molecular flexibility index (Phi) is 5.90. The van der Waals surface area contributed by atoms with Gasteiger partial charge in [0.2, 0.25) is 6.79 Å². The molecule has 7 nitrogen and oxygen atoms in total. The minimum Gasteiger partial charge on any atom is -0.469 e. The molecule has 1 aromatic heterocycles. The van der Waals surface area contributed by atoms with E-state index in [2.05, 4.69) is 4.57 Å². The standard InChI is InChI=1S/C25H26N2O5/c1-15-4-7-18(8-5-15)24-19(9-11-22(28)30-3)27(16(2)23(24)25(26)29)13-17-6-10-20-21(12-17)32-14-31-20/h4-8,10,12H,9,11,13-14H2,1-3H3,(H2,26,29). The molecule has 2 aromatic carbocycles. The number of ether oxygens (including phenoxy) is 3. The molecular weight excluding hydrogens is 408 g/mol. The molecule has 2 N–H and O–H groups in total. The van der Waals surface area contributed by atoms with Crippen molar-refractivity contribution in [2.24, 2.45) is 5.73 Å². The monoisotopic (exact) mass is 434 g/mol. The van der Waals surface area contributed by atoms with Gasteiger partial charge in [-0.3, -0.25) is 9.59 Å². The Labute approximate surface area is 186 Å². The summed E-state index contributed by atoms with van der Waals surface area (Å²) in [6.07, 6.45) is 0.604. The third-order valence-corrected chi connectivity index (χ3v) is 5.79. The van der Waals surface area contributed by atoms with Gasteiger partial charge >= 0.3 is 5.97 Å². The van der Waals surface area contributed by atoms with Crippen molar-refractivity contribution in [1.82, 2.24) is 4.57 Å². The number of nitrogens with two attached hydrogens (primary N) is 1. The minimum absolute atomic E-state index is 0.193. The van der Waals surface area contributed by atoms with Crippen molar-refractivity contribution in [3.8, 4) is 22.6 Å². The molecule has 1 amide bonds. The fourth-order valence-corrected chi connectivity index (χ4v) is 4.15. The molecule has 0 spiro atoms. The molecule has 0 aliphatic carbocycles. The first-order valence-electron chi connectivity index (χ1n) is 10.4. The second-order valence-electron chi connectivity index (χ2n) is 7.86. The highest BCUT2D eigenvalue weighted by atomic mass is 16.7. The van der Waals surface area contributed by atoms with Gasteiger partial charge in [-0.05, 0) is 43.5 Å². The van der Waals surface area contributed by atoms with E-state index in [0.29, 0.717) is 30.0 Å². The fraction of sp³-hybridized carbons (Fsp3) is 0.280. The minimum atomic E-state index is -0.498. The zero-order chi connectivity index (χ0) is 22.8. The number of hydrogen-bond donors (Lipinski definition) is 1. The van der Waals surface area contributed by atoms with E-state index >= 15 is 0 Å². The maximum atomic E-state index is 12.5. The summed E-state index contributed by atoms with van der Waals surface area (Å²) in [6, 6.07) is 13.7. The number of aryl methyl sites for hydroxylation is 1. The van der Waals surface area contributed by atoms with Gasteiger partial charge in [0.1, 0.15) is 0 Å². The number of rotatable bonds is 7. The van der Waals surface area contributed by atoms with E-state index in [-0.39, 0.29) is 19.2 Å². The molecule has 0 atom stereocenters. The Hall–Kier alpha value is -3.74. The number of methoxy groups -OCH3 is 1. The Bertz CT molecular complexity index is 1180. The molecule has 2 heterocycles. The number of esters is 1. The number of hydrogen-bond acceptors (Lipinski definition) is 5. The topological polar surface area (TPSA) is 92.8 Å². The number of primary amides is 1. The Morgan fingerprint density at radius 2 is 1.78 bits per heavy atom. The van der Waals surface area contributed by atoms with E-state index in [1.807, 2.05) is 56.3 Å². The number of carbonyl (C=O) groups is 2. The van der Waals surface area contributed by atoms with Gasteiger partial charge in [-0.25, -0.2) is 0 Å². The van der Waals surface area contributed by atoms with Crippen molar-refractivity contribution < 1.29 is 23.8 Å². The molecule has 0 saturated carbocycles. The third kappa shape index (κ3) is 4.06. The summed E-state index contributed by atoms with van der Waals surface area (Å²) < 4.78 is 17.8. The predicted octanol–water partition coefficient (Wildman–Crippen LogP) is 3.75. The molecule has 1 aliphatic heterocycles. The average Bonchev–Trinajstić information content (AvgIpc) is 3.35. The van der Waals surface area contributed by atoms with E-state index in [4.69, 9.17) is 19.9 Å². The number of amides is 1. The maximum absolute atomic E-state index is 12.5. The van der Waals surface area contributed by atoms with E-state index in [1.165, 1.54) is 7.11 Å². The van der Waals surface area contributed by atoms with Gasteiger partial charge in [0.25, 0.3) is 5.91 Å². The van der Waals surface area contributed by atoms with Crippen LogP contribution in [-0.2, 0) is 22.5 Å². The van der Waals surface area contributed by atoms with Gasteiger partial charge in [-0.1, -0.05) is 35.9 Å². The normalized spacial score (nSPS) is 12.1. The smallest absolute Gasteiger partial charge is 0.305 e. The number of aromatic nitrogens is 1. The number of carbonyl (C=O) groups excluding carboxylic acids is 2. The van der Waals surface area contributed by atoms with Gasteiger partial charge in [0.05, 0.1) is 19.1 Å². The molecule has 0 radical (unpaired) electrons. The third-order valence-electron chi connectivity index (χ3n) is 5.79. The number of fused-ring (bicyclic) bond motifs is 1. The van der Waals surface area contributed by atoms with Gasteiger partial charge in [0, 0.05) is 23.5 Å². The summed E-state index contributed by atoms with van der Waals surface area (Å²) in [6.45, 7) is 4.58. The summed E-state index contributed by atoms with van der Waals surface area (Å²) in [5.74, 6) is 0.593. The summed E-state index contributed by atoms with van der Waals surface area (Å²) in [4.78, 5) is 24.5. The van der Waals surface area contributed by atoms with Crippen LogP contribution in [0.3, 0.4) is 0 Å². The Morgan fingerprint density at radius 3 is 2.47 bits per heavy atom. The van der Waals surface area contributed by atoms with E-state index in [1.54, 1.807) is 0 Å². The highest BCUT2D eigenvalue weighted by Crippen LogP contribution is 2.36. The summed E-state index contributed by atoms with van der Waals surface area (Å²) in [7, 11) is 1.37. The van der Waals surface area contributed by atoms with Crippen LogP contribution in [0.25, 0.3) is 11.1 Å². The summed E-state index contributed by atoms with van der Waals surface area (Å²) in [5, 5.41) is 0. The molecule has 1 aliphatic rings. The van der Waals surface area contributed by atoms with E-state index in [0.717, 1.165) is 33.6 Å². The fourth-order valence-electron chi connectivity index (χ4n) is 4.15. The molecule has 32 heavy (non-hydrogen) atoms. The number of nitrogens with zero attached hydrogens (tertiary/aromatic N) is 1. The molecule has 0 bridgehead atoms. The lowest BCUT2D eigenvalue weighted by Crippen LogP contribution is -2.13. The van der Waals surface area contributed by atoms with E-state index in [9.17, 15) is 9.59 Å². The van der Waals surface area contributed by atoms with Crippen molar-refractivity contribution in [3.05, 3.63) is 70.5 Å². The molecule has 4 rings (SSSR count). The van der Waals surface area contributed by atoms with Crippen LogP contribution in [0.15, 0.2) is 42.5 Å². The van der Waals surface area contributed by atoms with Crippen LogP contribution >= 0.6 is 0 Å². The second kappa shape index (κ2) is 8.78. The maximum Gasteiger partial charge on any atom is 0.305 e. The van der Waals surface area contributed by atoms with Crippen LogP contribution in [0, 0.1) is 13.8 Å². The van der Waals surface area contributed by atoms with Crippen LogP contribution in [0.1, 0.15) is 39.3 Å². The highest BCUT2D eigenvalue weighted by molar-refractivity contribution is 6.02. The quantitative estimate of drug-likeness (QED) is 0.572. The average molecular weight is 434 g/mol. The van der Waals surface area contributed by atoms with Crippen molar-refractivity contribution >= 4 is 11.9 Å². The van der Waals surface area contributed by atoms with Crippen molar-refractivity contribution in [1.29, 1.82) is 0 Å². The molecule has 166 valence electrons. The molecule has 7 heteroatoms. The lowest BCUT2D eigenvalue weighted by Gasteiger charge is -2.14. The van der Waals surface area contributed by atoms with Crippen LogP contribution in [-0.4, -0.2) is 30.3 Å². The first-order chi connectivity index (χ1) is 15.4. The second-order valence-corrected chi connectivity index (χ2v) is 7.86. The van der Waals surface area contributed by atoms with E-state index < -0.39 is 5.91 Å².